The Kier molecular flexibility index (Phi) is 4.49. The summed E-state index contributed by atoms with van der Waals surface area (Å²) >= 11 is 0. The van der Waals surface area contributed by atoms with Gasteiger partial charge in [0.1, 0.15) is 0 Å². The summed E-state index contributed by atoms with van der Waals surface area (Å²) in [5, 5.41) is 1.71. The van der Waals surface area contributed by atoms with Crippen molar-refractivity contribution >= 4 is 31.8 Å². The fourth-order valence-corrected chi connectivity index (χ4v) is 17.9. The van der Waals surface area contributed by atoms with E-state index in [0.717, 1.165) is 0 Å². The standard InChI is InChI=1S/C8H16Si3/c1-2-9-11-10-8-6-4-3-5-7-8/h3-7H,2,9-11H2,1H3. The summed E-state index contributed by atoms with van der Waals surface area (Å²) in [6.07, 6.45) is 0. The highest BCUT2D eigenvalue weighted by Crippen LogP contribution is 1.80. The summed E-state index contributed by atoms with van der Waals surface area (Å²) < 4.78 is 0. The van der Waals surface area contributed by atoms with Crippen LogP contribution in [0.2, 0.25) is 6.04 Å². The van der Waals surface area contributed by atoms with Gasteiger partial charge in [-0.05, 0) is 0 Å². The predicted octanol–water partition coefficient (Wildman–Crippen LogP) is -0.914. The molecule has 0 aliphatic rings. The van der Waals surface area contributed by atoms with Gasteiger partial charge in [-0.1, -0.05) is 48.5 Å². The molecule has 0 aliphatic carbocycles. The second-order valence-electron chi connectivity index (χ2n) is 2.94. The lowest BCUT2D eigenvalue weighted by Crippen LogP contribution is -2.24. The van der Waals surface area contributed by atoms with Crippen LogP contribution >= 0.6 is 0 Å². The lowest BCUT2D eigenvalue weighted by Gasteiger charge is -1.96. The molecule has 0 amide bonds. The molecule has 60 valence electrons. The third-order valence-electron chi connectivity index (χ3n) is 1.91. The van der Waals surface area contributed by atoms with Gasteiger partial charge in [0.15, 0.2) is 0 Å². The molecule has 0 radical (unpaired) electrons. The first-order chi connectivity index (χ1) is 5.43. The number of hydrogen-bond acceptors (Lipinski definition) is 0. The first-order valence-electron chi connectivity index (χ1n) is 4.47. The van der Waals surface area contributed by atoms with Crippen LogP contribution < -0.4 is 5.19 Å². The van der Waals surface area contributed by atoms with Gasteiger partial charge in [0.2, 0.25) is 0 Å². The second-order valence-corrected chi connectivity index (χ2v) is 18.8. The summed E-state index contributed by atoms with van der Waals surface area (Å²) in [4.78, 5) is 0. The smallest absolute Gasteiger partial charge is 0.0392 e. The molecule has 1 rings (SSSR count). The van der Waals surface area contributed by atoms with Crippen molar-refractivity contribution in [1.29, 1.82) is 0 Å². The van der Waals surface area contributed by atoms with E-state index >= 15 is 0 Å². The monoisotopic (exact) mass is 196 g/mol. The zero-order valence-electron chi connectivity index (χ0n) is 7.22. The predicted molar refractivity (Wildman–Crippen MR) is 62.2 cm³/mol. The average molecular weight is 196 g/mol. The normalized spacial score (nSPS) is 13.2. The average Bonchev–Trinajstić information content (AvgIpc) is 2.07. The minimum Gasteiger partial charge on any atom is -0.0704 e. The summed E-state index contributed by atoms with van der Waals surface area (Å²) in [6, 6.07) is 12.7. The van der Waals surface area contributed by atoms with Gasteiger partial charge < -0.3 is 0 Å². The van der Waals surface area contributed by atoms with Crippen LogP contribution in [0, 0.1) is 0 Å². The molecule has 0 N–H and O–H groups in total. The van der Waals surface area contributed by atoms with E-state index in [0.29, 0.717) is 17.6 Å². The largest absolute Gasteiger partial charge is 0.0704 e. The van der Waals surface area contributed by atoms with Crippen LogP contribution in [0.5, 0.6) is 0 Å². The minimum atomic E-state index is 0.278. The zero-order chi connectivity index (χ0) is 7.94. The Morgan fingerprint density at radius 3 is 2.55 bits per heavy atom. The first kappa shape index (κ1) is 8.96. The molecule has 0 unspecified atom stereocenters. The Morgan fingerprint density at radius 2 is 1.91 bits per heavy atom. The van der Waals surface area contributed by atoms with Crippen LogP contribution in [0.1, 0.15) is 6.92 Å². The van der Waals surface area contributed by atoms with E-state index < -0.39 is 0 Å². The van der Waals surface area contributed by atoms with E-state index in [4.69, 9.17) is 0 Å². The second kappa shape index (κ2) is 5.51. The Bertz CT molecular complexity index is 186. The van der Waals surface area contributed by atoms with Crippen molar-refractivity contribution in [1.82, 2.24) is 0 Å². The molecule has 0 aromatic heterocycles. The van der Waals surface area contributed by atoms with Crippen molar-refractivity contribution in [3.05, 3.63) is 30.3 Å². The molecule has 0 heterocycles. The van der Waals surface area contributed by atoms with Crippen LogP contribution in [0.3, 0.4) is 0 Å². The molecule has 0 saturated heterocycles. The van der Waals surface area contributed by atoms with E-state index in [1.165, 1.54) is 0 Å². The molecule has 3 heteroatoms. The van der Waals surface area contributed by atoms with E-state index in [9.17, 15) is 0 Å². The SMILES string of the molecule is CC[SiH2][SiH2][SiH2]c1ccccc1. The Labute approximate surface area is 75.5 Å². The van der Waals surface area contributed by atoms with Gasteiger partial charge in [-0.3, -0.25) is 0 Å². The Morgan fingerprint density at radius 1 is 1.18 bits per heavy atom. The summed E-state index contributed by atoms with van der Waals surface area (Å²) in [6.45, 7) is 2.36. The summed E-state index contributed by atoms with van der Waals surface area (Å²) in [5.41, 5.74) is 0. The fourth-order valence-electron chi connectivity index (χ4n) is 1.22. The van der Waals surface area contributed by atoms with Crippen LogP contribution in [0.25, 0.3) is 0 Å². The van der Waals surface area contributed by atoms with Gasteiger partial charge in [0.05, 0.1) is 0 Å². The molecular formula is C8H16Si3. The van der Waals surface area contributed by atoms with Crippen molar-refractivity contribution < 1.29 is 0 Å². The van der Waals surface area contributed by atoms with Gasteiger partial charge >= 0.3 is 0 Å². The van der Waals surface area contributed by atoms with Crippen molar-refractivity contribution in [2.45, 2.75) is 13.0 Å². The molecule has 0 spiro atoms. The first-order valence-corrected chi connectivity index (χ1v) is 14.2. The van der Waals surface area contributed by atoms with Crippen LogP contribution in [-0.4, -0.2) is 26.6 Å². The Hall–Kier alpha value is -0.129. The van der Waals surface area contributed by atoms with Crippen molar-refractivity contribution in [3.8, 4) is 0 Å². The van der Waals surface area contributed by atoms with E-state index in [2.05, 4.69) is 37.3 Å². The highest BCUT2D eigenvalue weighted by molar-refractivity contribution is 7.32. The minimum absolute atomic E-state index is 0.278. The highest BCUT2D eigenvalue weighted by Gasteiger charge is 1.91. The van der Waals surface area contributed by atoms with Crippen molar-refractivity contribution in [2.24, 2.45) is 0 Å². The summed E-state index contributed by atoms with van der Waals surface area (Å²) in [5.74, 6) is 0. The maximum absolute atomic E-state index is 2.36. The van der Waals surface area contributed by atoms with Gasteiger partial charge in [-0.25, -0.2) is 0 Å². The molecule has 1 aromatic rings. The van der Waals surface area contributed by atoms with Crippen molar-refractivity contribution in [2.75, 3.05) is 0 Å². The third kappa shape index (κ3) is 3.69. The van der Waals surface area contributed by atoms with Crippen LogP contribution in [0.15, 0.2) is 30.3 Å². The highest BCUT2D eigenvalue weighted by atomic mass is 29.5. The van der Waals surface area contributed by atoms with Gasteiger partial charge in [-0.15, -0.1) is 0 Å². The van der Waals surface area contributed by atoms with Gasteiger partial charge in [0, 0.05) is 26.6 Å². The van der Waals surface area contributed by atoms with Crippen LogP contribution in [-0.2, 0) is 0 Å². The molecule has 0 saturated carbocycles. The quantitative estimate of drug-likeness (QED) is 0.432. The molecule has 0 atom stereocenters. The van der Waals surface area contributed by atoms with Crippen molar-refractivity contribution in [3.63, 3.8) is 0 Å². The lowest BCUT2D eigenvalue weighted by molar-refractivity contribution is 1.47. The molecule has 0 fully saturated rings. The Balaban J connectivity index is 2.28. The lowest BCUT2D eigenvalue weighted by atomic mass is 10.4. The molecule has 0 bridgehead atoms. The van der Waals surface area contributed by atoms with Gasteiger partial charge in [0.25, 0.3) is 0 Å². The number of benzene rings is 1. The molecule has 0 nitrogen and oxygen atoms in total. The summed E-state index contributed by atoms with van der Waals surface area (Å²) in [7, 11) is 1.25. The number of rotatable bonds is 4. The van der Waals surface area contributed by atoms with Gasteiger partial charge in [-0.2, -0.15) is 0 Å². The fraction of sp³-hybridized carbons (Fsp3) is 0.250. The maximum atomic E-state index is 2.36. The topological polar surface area (TPSA) is 0 Å². The van der Waals surface area contributed by atoms with E-state index in [1.54, 1.807) is 11.2 Å². The molecular weight excluding hydrogens is 180 g/mol. The number of hydrogen-bond donors (Lipinski definition) is 0. The van der Waals surface area contributed by atoms with E-state index in [1.807, 2.05) is 0 Å². The van der Waals surface area contributed by atoms with E-state index in [-0.39, 0.29) is 9.04 Å². The molecule has 0 aliphatic heterocycles. The van der Waals surface area contributed by atoms with Crippen LogP contribution in [0.4, 0.5) is 0 Å². The molecule has 1 aromatic carbocycles. The molecule has 11 heavy (non-hydrogen) atoms. The zero-order valence-corrected chi connectivity index (χ0v) is 11.5. The third-order valence-corrected chi connectivity index (χ3v) is 18.6. The maximum Gasteiger partial charge on any atom is 0.0392 e.